The SMILES string of the molecule is CC(C)(C)CC(=O)N1CCC2(CC1)SCCN2C(=O)c1ccc(Cl)cc1Cl. The molecule has 27 heavy (non-hydrogen) atoms. The van der Waals surface area contributed by atoms with Gasteiger partial charge in [-0.1, -0.05) is 44.0 Å². The van der Waals surface area contributed by atoms with E-state index in [-0.39, 0.29) is 22.1 Å². The van der Waals surface area contributed by atoms with Gasteiger partial charge < -0.3 is 9.80 Å². The Labute approximate surface area is 175 Å². The van der Waals surface area contributed by atoms with Gasteiger partial charge in [-0.05, 0) is 36.5 Å². The molecule has 1 aromatic rings. The molecule has 0 aliphatic carbocycles. The van der Waals surface area contributed by atoms with Gasteiger partial charge in [0.05, 0.1) is 15.5 Å². The van der Waals surface area contributed by atoms with Gasteiger partial charge in [-0.3, -0.25) is 9.59 Å². The molecule has 7 heteroatoms. The van der Waals surface area contributed by atoms with Gasteiger partial charge in [-0.2, -0.15) is 0 Å². The van der Waals surface area contributed by atoms with Crippen LogP contribution in [0.15, 0.2) is 18.2 Å². The number of piperidine rings is 1. The maximum absolute atomic E-state index is 13.2. The van der Waals surface area contributed by atoms with E-state index in [0.717, 1.165) is 18.6 Å². The standard InChI is InChI=1S/C20H26Cl2N2O2S/c1-19(2,3)13-17(25)23-8-6-20(7-9-23)24(10-11-27-20)18(26)15-5-4-14(21)12-16(15)22/h4-5,12H,6-11,13H2,1-3H3. The van der Waals surface area contributed by atoms with E-state index in [1.54, 1.807) is 18.2 Å². The van der Waals surface area contributed by atoms with Crippen molar-refractivity contribution in [3.05, 3.63) is 33.8 Å². The molecule has 2 saturated heterocycles. The van der Waals surface area contributed by atoms with E-state index in [4.69, 9.17) is 23.2 Å². The number of amides is 2. The molecular weight excluding hydrogens is 403 g/mol. The van der Waals surface area contributed by atoms with Crippen LogP contribution in [0.3, 0.4) is 0 Å². The lowest BCUT2D eigenvalue weighted by Gasteiger charge is -2.44. The number of hydrogen-bond acceptors (Lipinski definition) is 3. The Bertz CT molecular complexity index is 740. The molecule has 2 aliphatic heterocycles. The van der Waals surface area contributed by atoms with Crippen LogP contribution < -0.4 is 0 Å². The topological polar surface area (TPSA) is 40.6 Å². The number of halogens is 2. The number of carbonyl (C=O) groups excluding carboxylic acids is 2. The molecule has 0 saturated carbocycles. The number of nitrogens with zero attached hydrogens (tertiary/aromatic N) is 2. The van der Waals surface area contributed by atoms with Gasteiger partial charge in [0.1, 0.15) is 0 Å². The Hall–Kier alpha value is -0.910. The molecule has 2 fully saturated rings. The van der Waals surface area contributed by atoms with Crippen molar-refractivity contribution < 1.29 is 9.59 Å². The van der Waals surface area contributed by atoms with Crippen molar-refractivity contribution in [2.24, 2.45) is 5.41 Å². The number of carbonyl (C=O) groups is 2. The number of thioether (sulfide) groups is 1. The van der Waals surface area contributed by atoms with Crippen LogP contribution in [0.4, 0.5) is 0 Å². The predicted molar refractivity (Wildman–Crippen MR) is 113 cm³/mol. The van der Waals surface area contributed by atoms with Crippen molar-refractivity contribution in [1.82, 2.24) is 9.80 Å². The molecule has 1 aromatic carbocycles. The Balaban J connectivity index is 1.71. The van der Waals surface area contributed by atoms with E-state index in [9.17, 15) is 9.59 Å². The fraction of sp³-hybridized carbons (Fsp3) is 0.600. The zero-order chi connectivity index (χ0) is 19.8. The summed E-state index contributed by atoms with van der Waals surface area (Å²) in [6, 6.07) is 5.01. The molecule has 0 atom stereocenters. The van der Waals surface area contributed by atoms with Crippen molar-refractivity contribution in [2.45, 2.75) is 44.9 Å². The van der Waals surface area contributed by atoms with Gasteiger partial charge >= 0.3 is 0 Å². The van der Waals surface area contributed by atoms with Crippen molar-refractivity contribution in [3.63, 3.8) is 0 Å². The Kier molecular flexibility index (Phi) is 6.05. The van der Waals surface area contributed by atoms with Crippen LogP contribution >= 0.6 is 35.0 Å². The summed E-state index contributed by atoms with van der Waals surface area (Å²) in [5, 5.41) is 0.907. The van der Waals surface area contributed by atoms with Crippen LogP contribution in [0.2, 0.25) is 10.0 Å². The van der Waals surface area contributed by atoms with Gasteiger partial charge in [0.25, 0.3) is 5.91 Å². The third kappa shape index (κ3) is 4.57. The van der Waals surface area contributed by atoms with E-state index >= 15 is 0 Å². The summed E-state index contributed by atoms with van der Waals surface area (Å²) in [5.41, 5.74) is 0.482. The van der Waals surface area contributed by atoms with Crippen LogP contribution in [0.25, 0.3) is 0 Å². The first-order chi connectivity index (χ1) is 12.6. The zero-order valence-electron chi connectivity index (χ0n) is 16.1. The molecule has 0 radical (unpaired) electrons. The molecule has 0 aromatic heterocycles. The second-order valence-electron chi connectivity index (χ2n) is 8.49. The van der Waals surface area contributed by atoms with E-state index in [2.05, 4.69) is 20.8 Å². The first-order valence-corrected chi connectivity index (χ1v) is 11.0. The minimum Gasteiger partial charge on any atom is -0.342 e. The molecule has 0 N–H and O–H groups in total. The molecule has 2 amide bonds. The Morgan fingerprint density at radius 2 is 1.81 bits per heavy atom. The minimum absolute atomic E-state index is 0.0122. The second-order valence-corrected chi connectivity index (χ2v) is 10.8. The van der Waals surface area contributed by atoms with E-state index in [0.29, 0.717) is 41.7 Å². The van der Waals surface area contributed by atoms with E-state index in [1.807, 2.05) is 21.6 Å². The summed E-state index contributed by atoms with van der Waals surface area (Å²) in [6.45, 7) is 8.34. The fourth-order valence-corrected chi connectivity index (χ4v) is 5.73. The predicted octanol–water partition coefficient (Wildman–Crippen LogP) is 4.94. The van der Waals surface area contributed by atoms with E-state index in [1.165, 1.54) is 0 Å². The molecule has 4 nitrogen and oxygen atoms in total. The Morgan fingerprint density at radius 3 is 2.41 bits per heavy atom. The molecule has 148 valence electrons. The molecule has 0 bridgehead atoms. The smallest absolute Gasteiger partial charge is 0.256 e. The van der Waals surface area contributed by atoms with Crippen molar-refractivity contribution in [2.75, 3.05) is 25.4 Å². The lowest BCUT2D eigenvalue weighted by atomic mass is 9.91. The average molecular weight is 429 g/mol. The highest BCUT2D eigenvalue weighted by Gasteiger charge is 2.47. The summed E-state index contributed by atoms with van der Waals surface area (Å²) in [7, 11) is 0. The minimum atomic E-state index is -0.238. The van der Waals surface area contributed by atoms with Crippen LogP contribution in [-0.2, 0) is 4.79 Å². The normalized spacial score (nSPS) is 19.6. The first kappa shape index (κ1) is 20.8. The van der Waals surface area contributed by atoms with Gasteiger partial charge in [-0.25, -0.2) is 0 Å². The highest BCUT2D eigenvalue weighted by atomic mass is 35.5. The lowest BCUT2D eigenvalue weighted by molar-refractivity contribution is -0.134. The van der Waals surface area contributed by atoms with Crippen molar-refractivity contribution in [1.29, 1.82) is 0 Å². The molecular formula is C20H26Cl2N2O2S. The average Bonchev–Trinajstić information content (AvgIpc) is 2.96. The highest BCUT2D eigenvalue weighted by Crippen LogP contribution is 2.45. The van der Waals surface area contributed by atoms with Crippen molar-refractivity contribution in [3.8, 4) is 0 Å². The Morgan fingerprint density at radius 1 is 1.15 bits per heavy atom. The quantitative estimate of drug-likeness (QED) is 0.669. The lowest BCUT2D eigenvalue weighted by Crippen LogP contribution is -2.53. The van der Waals surface area contributed by atoms with Crippen LogP contribution in [0.5, 0.6) is 0 Å². The molecule has 0 unspecified atom stereocenters. The first-order valence-electron chi connectivity index (χ1n) is 9.30. The molecule has 2 aliphatic rings. The maximum atomic E-state index is 13.2. The summed E-state index contributed by atoms with van der Waals surface area (Å²) in [4.78, 5) is 29.4. The molecule has 3 rings (SSSR count). The number of benzene rings is 1. The number of rotatable bonds is 2. The van der Waals surface area contributed by atoms with Crippen LogP contribution in [0.1, 0.15) is 50.4 Å². The number of likely N-dealkylation sites (tertiary alicyclic amines) is 1. The summed E-state index contributed by atoms with van der Waals surface area (Å²) >= 11 is 14.1. The summed E-state index contributed by atoms with van der Waals surface area (Å²) < 4.78 is 0. The summed E-state index contributed by atoms with van der Waals surface area (Å²) in [5.74, 6) is 1.07. The monoisotopic (exact) mass is 428 g/mol. The zero-order valence-corrected chi connectivity index (χ0v) is 18.4. The molecule has 2 heterocycles. The van der Waals surface area contributed by atoms with Gasteiger partial charge in [0.15, 0.2) is 0 Å². The van der Waals surface area contributed by atoms with Crippen LogP contribution in [-0.4, -0.2) is 51.9 Å². The van der Waals surface area contributed by atoms with Crippen LogP contribution in [0, 0.1) is 5.41 Å². The van der Waals surface area contributed by atoms with Gasteiger partial charge in [-0.15, -0.1) is 11.8 Å². The summed E-state index contributed by atoms with van der Waals surface area (Å²) in [6.07, 6.45) is 2.14. The highest BCUT2D eigenvalue weighted by molar-refractivity contribution is 8.00. The fourth-order valence-electron chi connectivity index (χ4n) is 3.79. The van der Waals surface area contributed by atoms with E-state index < -0.39 is 0 Å². The largest absolute Gasteiger partial charge is 0.342 e. The van der Waals surface area contributed by atoms with Gasteiger partial charge in [0.2, 0.25) is 5.91 Å². The van der Waals surface area contributed by atoms with Gasteiger partial charge in [0, 0.05) is 36.8 Å². The second kappa shape index (κ2) is 7.84. The molecule has 1 spiro atoms. The van der Waals surface area contributed by atoms with Crippen molar-refractivity contribution >= 4 is 46.8 Å². The third-order valence-corrected chi connectivity index (χ3v) is 7.26. The maximum Gasteiger partial charge on any atom is 0.256 e. The number of hydrogen-bond donors (Lipinski definition) is 0. The third-order valence-electron chi connectivity index (χ3n) is 5.16.